The molecular weight excluding hydrogens is 270 g/mol. The maximum atomic E-state index is 10.6. The number of aliphatic hydroxyl groups excluding tert-OH is 2. The van der Waals surface area contributed by atoms with Crippen LogP contribution in [0, 0.1) is 10.1 Å². The van der Waals surface area contributed by atoms with E-state index in [-0.39, 0.29) is 18.2 Å². The summed E-state index contributed by atoms with van der Waals surface area (Å²) in [6.45, 7) is -0.123. The van der Waals surface area contributed by atoms with Crippen LogP contribution in [0.2, 0.25) is 0 Å². The van der Waals surface area contributed by atoms with Gasteiger partial charge in [-0.05, 0) is 17.5 Å². The summed E-state index contributed by atoms with van der Waals surface area (Å²) in [6.07, 6.45) is -0.322. The molecule has 2 N–H and O–H groups in total. The van der Waals surface area contributed by atoms with Crippen molar-refractivity contribution in [1.29, 1.82) is 0 Å². The fourth-order valence-electron chi connectivity index (χ4n) is 2.27. The van der Waals surface area contributed by atoms with Crippen molar-refractivity contribution in [1.82, 2.24) is 0 Å². The average Bonchev–Trinajstić information content (AvgIpc) is 2.53. The predicted molar refractivity (Wildman–Crippen MR) is 78.9 cm³/mol. The normalized spacial score (nSPS) is 13.6. The second-order valence-electron chi connectivity index (χ2n) is 4.89. The molecule has 0 heterocycles. The molecule has 0 fully saturated rings. The molecule has 0 radical (unpaired) electrons. The van der Waals surface area contributed by atoms with Crippen LogP contribution in [0.1, 0.15) is 29.6 Å². The zero-order chi connectivity index (χ0) is 15.2. The largest absolute Gasteiger partial charge is 0.396 e. The molecule has 0 amide bonds. The molecule has 2 atom stereocenters. The summed E-state index contributed by atoms with van der Waals surface area (Å²) in [5.74, 6) is -0.263. The summed E-state index contributed by atoms with van der Waals surface area (Å²) in [5.41, 5.74) is 1.58. The monoisotopic (exact) mass is 287 g/mol. The van der Waals surface area contributed by atoms with Gasteiger partial charge in [0.25, 0.3) is 5.69 Å². The Hall–Kier alpha value is -2.24. The summed E-state index contributed by atoms with van der Waals surface area (Å²) in [5, 5.41) is 30.3. The van der Waals surface area contributed by atoms with Crippen LogP contribution in [-0.2, 0) is 0 Å². The molecule has 0 bridgehead atoms. The quantitative estimate of drug-likeness (QED) is 0.632. The average molecular weight is 287 g/mol. The highest BCUT2D eigenvalue weighted by Gasteiger charge is 2.18. The van der Waals surface area contributed by atoms with Gasteiger partial charge in [0, 0.05) is 18.1 Å². The predicted octanol–water partition coefficient (Wildman–Crippen LogP) is 2.79. The maximum Gasteiger partial charge on any atom is 0.269 e. The summed E-state index contributed by atoms with van der Waals surface area (Å²) in [6, 6.07) is 15.3. The van der Waals surface area contributed by atoms with Gasteiger partial charge in [-0.2, -0.15) is 0 Å². The van der Waals surface area contributed by atoms with Crippen LogP contribution in [0.3, 0.4) is 0 Å². The number of benzene rings is 2. The van der Waals surface area contributed by atoms with Crippen molar-refractivity contribution >= 4 is 5.69 Å². The number of hydrogen-bond acceptors (Lipinski definition) is 4. The second kappa shape index (κ2) is 6.97. The van der Waals surface area contributed by atoms with Crippen molar-refractivity contribution in [3.63, 3.8) is 0 Å². The summed E-state index contributed by atoms with van der Waals surface area (Å²) in [4.78, 5) is 10.2. The van der Waals surface area contributed by atoms with Gasteiger partial charge in [0.1, 0.15) is 0 Å². The number of aliphatic hydroxyl groups is 2. The van der Waals surface area contributed by atoms with Crippen LogP contribution in [0.25, 0.3) is 0 Å². The van der Waals surface area contributed by atoms with Crippen molar-refractivity contribution in [2.24, 2.45) is 0 Å². The second-order valence-corrected chi connectivity index (χ2v) is 4.89. The Morgan fingerprint density at radius 3 is 2.14 bits per heavy atom. The first-order valence-corrected chi connectivity index (χ1v) is 6.70. The summed E-state index contributed by atoms with van der Waals surface area (Å²) in [7, 11) is 0. The Morgan fingerprint density at radius 1 is 1.00 bits per heavy atom. The van der Waals surface area contributed by atoms with E-state index in [9.17, 15) is 20.3 Å². The first-order chi connectivity index (χ1) is 10.1. The smallest absolute Gasteiger partial charge is 0.269 e. The van der Waals surface area contributed by atoms with Crippen LogP contribution in [0.5, 0.6) is 0 Å². The molecule has 0 saturated heterocycles. The molecule has 110 valence electrons. The van der Waals surface area contributed by atoms with E-state index in [1.54, 1.807) is 12.1 Å². The van der Waals surface area contributed by atoms with E-state index in [1.807, 2.05) is 30.3 Å². The van der Waals surface area contributed by atoms with E-state index in [2.05, 4.69) is 0 Å². The molecule has 2 aromatic carbocycles. The lowest BCUT2D eigenvalue weighted by Crippen LogP contribution is -2.10. The number of non-ortho nitro benzene ring substituents is 1. The highest BCUT2D eigenvalue weighted by atomic mass is 16.6. The summed E-state index contributed by atoms with van der Waals surface area (Å²) < 4.78 is 0. The first-order valence-electron chi connectivity index (χ1n) is 6.70. The Kier molecular flexibility index (Phi) is 5.03. The lowest BCUT2D eigenvalue weighted by atomic mass is 9.91. The molecule has 0 spiro atoms. The molecule has 0 aliphatic heterocycles. The van der Waals surface area contributed by atoms with Gasteiger partial charge in [-0.1, -0.05) is 42.5 Å². The van der Waals surface area contributed by atoms with E-state index in [1.165, 1.54) is 12.1 Å². The van der Waals surface area contributed by atoms with Crippen molar-refractivity contribution < 1.29 is 15.1 Å². The third-order valence-corrected chi connectivity index (χ3v) is 3.49. The number of nitro benzene ring substituents is 1. The Balaban J connectivity index is 2.11. The molecule has 0 aliphatic rings. The molecule has 0 saturated carbocycles. The van der Waals surface area contributed by atoms with Crippen molar-refractivity contribution in [3.8, 4) is 0 Å². The number of nitro groups is 1. The van der Waals surface area contributed by atoms with E-state index in [0.29, 0.717) is 6.42 Å². The molecule has 5 nitrogen and oxygen atoms in total. The van der Waals surface area contributed by atoms with E-state index >= 15 is 0 Å². The molecular formula is C16H17NO4. The number of nitrogens with zero attached hydrogens (tertiary/aromatic N) is 1. The van der Waals surface area contributed by atoms with Gasteiger partial charge in [-0.15, -0.1) is 0 Å². The molecule has 21 heavy (non-hydrogen) atoms. The maximum absolute atomic E-state index is 10.6. The molecule has 0 aromatic heterocycles. The van der Waals surface area contributed by atoms with Gasteiger partial charge in [-0.3, -0.25) is 10.1 Å². The minimum atomic E-state index is -0.682. The minimum absolute atomic E-state index is 0.0130. The highest BCUT2D eigenvalue weighted by molar-refractivity contribution is 5.34. The van der Waals surface area contributed by atoms with Crippen molar-refractivity contribution in [2.75, 3.05) is 6.61 Å². The van der Waals surface area contributed by atoms with Gasteiger partial charge in [-0.25, -0.2) is 0 Å². The Bertz CT molecular complexity index is 583. The van der Waals surface area contributed by atoms with Crippen molar-refractivity contribution in [3.05, 3.63) is 75.8 Å². The Labute approximate surface area is 122 Å². The third kappa shape index (κ3) is 3.87. The van der Waals surface area contributed by atoms with E-state index < -0.39 is 11.0 Å². The van der Waals surface area contributed by atoms with E-state index in [4.69, 9.17) is 0 Å². The summed E-state index contributed by atoms with van der Waals surface area (Å²) >= 11 is 0. The minimum Gasteiger partial charge on any atom is -0.396 e. The van der Waals surface area contributed by atoms with Gasteiger partial charge in [0.05, 0.1) is 17.6 Å². The van der Waals surface area contributed by atoms with Crippen LogP contribution in [0.4, 0.5) is 5.69 Å². The van der Waals surface area contributed by atoms with Crippen LogP contribution < -0.4 is 0 Å². The van der Waals surface area contributed by atoms with E-state index in [0.717, 1.165) is 11.1 Å². The lowest BCUT2D eigenvalue weighted by Gasteiger charge is -2.19. The van der Waals surface area contributed by atoms with Crippen LogP contribution in [-0.4, -0.2) is 21.7 Å². The van der Waals surface area contributed by atoms with Crippen molar-refractivity contribution in [2.45, 2.75) is 18.4 Å². The fraction of sp³-hybridized carbons (Fsp3) is 0.250. The van der Waals surface area contributed by atoms with Crippen LogP contribution in [0.15, 0.2) is 54.6 Å². The van der Waals surface area contributed by atoms with Crippen LogP contribution >= 0.6 is 0 Å². The number of hydrogen-bond donors (Lipinski definition) is 2. The number of rotatable bonds is 6. The Morgan fingerprint density at radius 2 is 1.62 bits per heavy atom. The van der Waals surface area contributed by atoms with Gasteiger partial charge >= 0.3 is 0 Å². The lowest BCUT2D eigenvalue weighted by molar-refractivity contribution is -0.384. The zero-order valence-corrected chi connectivity index (χ0v) is 11.4. The van der Waals surface area contributed by atoms with Gasteiger partial charge in [0.2, 0.25) is 0 Å². The topological polar surface area (TPSA) is 83.6 Å². The molecule has 2 aromatic rings. The first kappa shape index (κ1) is 15.2. The standard InChI is InChI=1S/C16H17NO4/c18-11-14(10-16(19)13-4-2-1-3-5-13)12-6-8-15(9-7-12)17(20)21/h1-9,14,16,18-19H,10-11H2. The zero-order valence-electron chi connectivity index (χ0n) is 11.4. The van der Waals surface area contributed by atoms with Gasteiger partial charge in [0.15, 0.2) is 0 Å². The SMILES string of the molecule is O=[N+]([O-])c1ccc(C(CO)CC(O)c2ccccc2)cc1. The molecule has 2 unspecified atom stereocenters. The molecule has 0 aliphatic carbocycles. The van der Waals surface area contributed by atoms with Gasteiger partial charge < -0.3 is 10.2 Å². The highest BCUT2D eigenvalue weighted by Crippen LogP contribution is 2.28. The fourth-order valence-corrected chi connectivity index (χ4v) is 2.27. The molecule has 5 heteroatoms. The molecule has 2 rings (SSSR count). The third-order valence-electron chi connectivity index (χ3n) is 3.49.